The Morgan fingerprint density at radius 2 is 1.88 bits per heavy atom. The first-order valence-corrected chi connectivity index (χ1v) is 10.8. The van der Waals surface area contributed by atoms with Crippen molar-refractivity contribution in [2.45, 2.75) is 24.5 Å². The van der Waals surface area contributed by atoms with E-state index in [1.54, 1.807) is 49.6 Å². The van der Waals surface area contributed by atoms with Crippen molar-refractivity contribution >= 4 is 40.9 Å². The first-order chi connectivity index (χ1) is 15.8. The van der Waals surface area contributed by atoms with Gasteiger partial charge in [-0.05, 0) is 23.8 Å². The van der Waals surface area contributed by atoms with Crippen LogP contribution < -0.4 is 21.1 Å². The Hall–Kier alpha value is -3.43. The van der Waals surface area contributed by atoms with Crippen LogP contribution in [0.3, 0.4) is 0 Å². The lowest BCUT2D eigenvalue weighted by Crippen LogP contribution is -2.53. The molecule has 1 spiro atoms. The van der Waals surface area contributed by atoms with Gasteiger partial charge in [0, 0.05) is 18.0 Å². The number of carbonyl (C=O) groups excluding carboxylic acids is 4. The van der Waals surface area contributed by atoms with Crippen LogP contribution in [-0.4, -0.2) is 41.7 Å². The number of para-hydroxylation sites is 1. The number of benzene rings is 2. The minimum Gasteiger partial charge on any atom is -0.497 e. The molecule has 4 atom stereocenters. The summed E-state index contributed by atoms with van der Waals surface area (Å²) in [4.78, 5) is 53.4. The number of imide groups is 1. The summed E-state index contributed by atoms with van der Waals surface area (Å²) in [5.41, 5.74) is 5.52. The van der Waals surface area contributed by atoms with Gasteiger partial charge in [-0.1, -0.05) is 35.9 Å². The number of fused-ring (bicyclic) bond motifs is 4. The quantitative estimate of drug-likeness (QED) is 0.564. The van der Waals surface area contributed by atoms with Crippen molar-refractivity contribution in [3.8, 4) is 5.75 Å². The average molecular weight is 469 g/mol. The Labute approximate surface area is 194 Å². The van der Waals surface area contributed by atoms with Crippen molar-refractivity contribution in [2.75, 3.05) is 12.4 Å². The topological polar surface area (TPSA) is 131 Å². The molecule has 3 aliphatic heterocycles. The molecule has 4 N–H and O–H groups in total. The number of amides is 4. The minimum absolute atomic E-state index is 0.0397. The van der Waals surface area contributed by atoms with E-state index >= 15 is 0 Å². The molecule has 2 saturated heterocycles. The first-order valence-electron chi connectivity index (χ1n) is 10.4. The predicted molar refractivity (Wildman–Crippen MR) is 118 cm³/mol. The first kappa shape index (κ1) is 21.4. The van der Waals surface area contributed by atoms with Crippen LogP contribution in [0.15, 0.2) is 42.5 Å². The molecule has 2 fully saturated rings. The van der Waals surface area contributed by atoms with E-state index in [9.17, 15) is 19.2 Å². The van der Waals surface area contributed by atoms with E-state index in [1.165, 1.54) is 0 Å². The molecule has 3 heterocycles. The highest BCUT2D eigenvalue weighted by atomic mass is 35.5. The molecular formula is C23H21ClN4O5. The number of anilines is 1. The third-order valence-corrected chi connectivity index (χ3v) is 7.03. The molecule has 9 nitrogen and oxygen atoms in total. The zero-order valence-corrected chi connectivity index (χ0v) is 18.4. The van der Waals surface area contributed by atoms with Crippen molar-refractivity contribution in [1.82, 2.24) is 10.2 Å². The van der Waals surface area contributed by atoms with Gasteiger partial charge in [-0.25, -0.2) is 0 Å². The van der Waals surface area contributed by atoms with Crippen LogP contribution in [0.1, 0.15) is 17.5 Å². The molecule has 3 aliphatic rings. The number of nitrogens with zero attached hydrogens (tertiary/aromatic N) is 1. The van der Waals surface area contributed by atoms with Crippen LogP contribution in [0, 0.1) is 11.8 Å². The third kappa shape index (κ3) is 3.03. The molecule has 2 aromatic rings. The number of nitrogens with one attached hydrogen (secondary N) is 2. The third-order valence-electron chi connectivity index (χ3n) is 6.71. The normalized spacial score (nSPS) is 27.6. The second-order valence-corrected chi connectivity index (χ2v) is 8.87. The van der Waals surface area contributed by atoms with E-state index in [1.807, 2.05) is 0 Å². The van der Waals surface area contributed by atoms with Gasteiger partial charge in [0.1, 0.15) is 11.3 Å². The van der Waals surface area contributed by atoms with E-state index in [2.05, 4.69) is 10.6 Å². The number of carbonyl (C=O) groups is 4. The monoisotopic (exact) mass is 468 g/mol. The highest BCUT2D eigenvalue weighted by Crippen LogP contribution is 2.54. The van der Waals surface area contributed by atoms with E-state index in [0.29, 0.717) is 22.0 Å². The summed E-state index contributed by atoms with van der Waals surface area (Å²) < 4.78 is 5.16. The molecule has 0 aliphatic carbocycles. The molecule has 5 rings (SSSR count). The summed E-state index contributed by atoms with van der Waals surface area (Å²) in [6, 6.07) is 11.2. The Bertz CT molecular complexity index is 1200. The lowest BCUT2D eigenvalue weighted by molar-refractivity contribution is -0.143. The fraction of sp³-hybridized carbons (Fsp3) is 0.304. The maximum Gasteiger partial charge on any atom is 0.250 e. The van der Waals surface area contributed by atoms with Crippen LogP contribution in [-0.2, 0) is 31.3 Å². The van der Waals surface area contributed by atoms with Gasteiger partial charge in [-0.2, -0.15) is 0 Å². The number of hydrogen-bond acceptors (Lipinski definition) is 6. The number of halogens is 1. The SMILES string of the molecule is COc1ccc(CN2C(=O)[C@@H]3[C@H](CC(N)=O)N[C@@]4(C(=O)Nc5c(Cl)cccc54)[C@@H]3C2=O)cc1. The Balaban J connectivity index is 1.58. The predicted octanol–water partition coefficient (Wildman–Crippen LogP) is 1.14. The Kier molecular flexibility index (Phi) is 4.91. The number of ether oxygens (including phenoxy) is 1. The maximum absolute atomic E-state index is 13.7. The van der Waals surface area contributed by atoms with Gasteiger partial charge in [0.2, 0.25) is 23.6 Å². The van der Waals surface area contributed by atoms with Crippen molar-refractivity contribution in [3.05, 3.63) is 58.6 Å². The van der Waals surface area contributed by atoms with Crippen molar-refractivity contribution < 1.29 is 23.9 Å². The van der Waals surface area contributed by atoms with Crippen LogP contribution in [0.2, 0.25) is 5.02 Å². The van der Waals surface area contributed by atoms with E-state index < -0.39 is 47.0 Å². The minimum atomic E-state index is -1.52. The van der Waals surface area contributed by atoms with Crippen LogP contribution in [0.4, 0.5) is 5.69 Å². The number of hydrogen-bond donors (Lipinski definition) is 3. The number of rotatable bonds is 5. The Morgan fingerprint density at radius 1 is 1.15 bits per heavy atom. The lowest BCUT2D eigenvalue weighted by Gasteiger charge is -2.29. The fourth-order valence-corrected chi connectivity index (χ4v) is 5.54. The molecule has 4 amide bonds. The maximum atomic E-state index is 13.7. The van der Waals surface area contributed by atoms with Gasteiger partial charge in [0.25, 0.3) is 0 Å². The van der Waals surface area contributed by atoms with E-state index in [4.69, 9.17) is 22.1 Å². The van der Waals surface area contributed by atoms with Crippen molar-refractivity contribution in [3.63, 3.8) is 0 Å². The van der Waals surface area contributed by atoms with Crippen LogP contribution >= 0.6 is 11.6 Å². The largest absolute Gasteiger partial charge is 0.497 e. The van der Waals surface area contributed by atoms with E-state index in [-0.39, 0.29) is 13.0 Å². The lowest BCUT2D eigenvalue weighted by atomic mass is 9.76. The molecule has 0 aromatic heterocycles. The summed E-state index contributed by atoms with van der Waals surface area (Å²) in [6.45, 7) is 0.0397. The Morgan fingerprint density at radius 3 is 2.55 bits per heavy atom. The van der Waals surface area contributed by atoms with Crippen molar-refractivity contribution in [2.24, 2.45) is 17.6 Å². The number of likely N-dealkylation sites (tertiary alicyclic amines) is 1. The second kappa shape index (κ2) is 7.57. The average Bonchev–Trinajstić information content (AvgIpc) is 3.35. The number of primary amides is 1. The van der Waals surface area contributed by atoms with Gasteiger partial charge in [-0.15, -0.1) is 0 Å². The molecule has 10 heteroatoms. The summed E-state index contributed by atoms with van der Waals surface area (Å²) in [5.74, 6) is -3.35. The summed E-state index contributed by atoms with van der Waals surface area (Å²) in [5, 5.41) is 6.21. The number of nitrogens with two attached hydrogens (primary N) is 1. The summed E-state index contributed by atoms with van der Waals surface area (Å²) >= 11 is 6.30. The zero-order chi connectivity index (χ0) is 23.5. The van der Waals surface area contributed by atoms with Gasteiger partial charge >= 0.3 is 0 Å². The molecule has 2 aromatic carbocycles. The van der Waals surface area contributed by atoms with Crippen LogP contribution in [0.25, 0.3) is 0 Å². The molecule has 33 heavy (non-hydrogen) atoms. The molecule has 0 saturated carbocycles. The zero-order valence-electron chi connectivity index (χ0n) is 17.6. The molecule has 0 radical (unpaired) electrons. The highest BCUT2D eigenvalue weighted by molar-refractivity contribution is 6.35. The van der Waals surface area contributed by atoms with Gasteiger partial charge in [0.05, 0.1) is 36.2 Å². The summed E-state index contributed by atoms with van der Waals surface area (Å²) in [6.07, 6.45) is -0.193. The second-order valence-electron chi connectivity index (χ2n) is 8.46. The number of methoxy groups -OCH3 is 1. The molecular weight excluding hydrogens is 448 g/mol. The molecule has 0 bridgehead atoms. The van der Waals surface area contributed by atoms with E-state index in [0.717, 1.165) is 10.5 Å². The van der Waals surface area contributed by atoms with Crippen LogP contribution in [0.5, 0.6) is 5.75 Å². The van der Waals surface area contributed by atoms with Gasteiger partial charge < -0.3 is 15.8 Å². The fourth-order valence-electron chi connectivity index (χ4n) is 5.31. The summed E-state index contributed by atoms with van der Waals surface area (Å²) in [7, 11) is 1.55. The van der Waals surface area contributed by atoms with Gasteiger partial charge in [-0.3, -0.25) is 29.4 Å². The standard InChI is InChI=1S/C23H21ClN4O5/c1-33-12-7-5-11(6-8-12)10-28-20(30)17-15(9-16(25)29)27-23(18(17)21(28)31)13-3-2-4-14(24)19(13)26-22(23)32/h2-8,15,17-18,27H,9-10H2,1H3,(H2,25,29)(H,26,32)/t15-,17+,18-,23+/m0/s1. The van der Waals surface area contributed by atoms with Gasteiger partial charge in [0.15, 0.2) is 0 Å². The molecule has 0 unspecified atom stereocenters. The highest BCUT2D eigenvalue weighted by Gasteiger charge is 2.70. The smallest absolute Gasteiger partial charge is 0.250 e. The van der Waals surface area contributed by atoms with Crippen molar-refractivity contribution in [1.29, 1.82) is 0 Å². The molecule has 170 valence electrons.